The molecule has 0 aliphatic carbocycles. The van der Waals surface area contributed by atoms with E-state index in [1.54, 1.807) is 48.5 Å². The lowest BCUT2D eigenvalue weighted by molar-refractivity contribution is -0.140. The fraction of sp³-hybridized carbons (Fsp3) is 0.355. The van der Waals surface area contributed by atoms with Gasteiger partial charge in [-0.15, -0.1) is 0 Å². The van der Waals surface area contributed by atoms with E-state index in [0.29, 0.717) is 36.0 Å². The van der Waals surface area contributed by atoms with Crippen molar-refractivity contribution in [1.29, 1.82) is 0 Å². The second-order valence-corrected chi connectivity index (χ2v) is 12.6. The van der Waals surface area contributed by atoms with Crippen molar-refractivity contribution in [3.8, 4) is 5.75 Å². The van der Waals surface area contributed by atoms with Crippen LogP contribution in [0.2, 0.25) is 5.02 Å². The van der Waals surface area contributed by atoms with E-state index >= 15 is 0 Å². The van der Waals surface area contributed by atoms with Crippen molar-refractivity contribution in [2.75, 3.05) is 23.7 Å². The molecule has 3 aromatic rings. The highest BCUT2D eigenvalue weighted by atomic mass is 35.5. The molecule has 3 rings (SSSR count). The van der Waals surface area contributed by atoms with Crippen LogP contribution in [0.4, 0.5) is 5.69 Å². The molecule has 8 nitrogen and oxygen atoms in total. The van der Waals surface area contributed by atoms with Gasteiger partial charge in [0.2, 0.25) is 21.8 Å². The minimum Gasteiger partial charge on any atom is -0.489 e. The number of nitrogens with one attached hydrogen (secondary N) is 1. The van der Waals surface area contributed by atoms with Gasteiger partial charge < -0.3 is 15.0 Å². The van der Waals surface area contributed by atoms with Crippen molar-refractivity contribution in [3.63, 3.8) is 0 Å². The quantitative estimate of drug-likeness (QED) is 0.273. The lowest BCUT2D eigenvalue weighted by Crippen LogP contribution is -2.52. The number of carbonyl (C=O) groups excluding carboxylic acids is 2. The van der Waals surface area contributed by atoms with E-state index in [0.717, 1.165) is 21.7 Å². The van der Waals surface area contributed by atoms with Crippen LogP contribution in [-0.2, 0) is 32.8 Å². The van der Waals surface area contributed by atoms with Crippen LogP contribution in [0.25, 0.3) is 0 Å². The predicted octanol–water partition coefficient (Wildman–Crippen LogP) is 5.26. The van der Waals surface area contributed by atoms with Gasteiger partial charge in [-0.25, -0.2) is 8.42 Å². The van der Waals surface area contributed by atoms with Crippen LogP contribution in [0, 0.1) is 5.92 Å². The second kappa shape index (κ2) is 14.9. The molecule has 0 saturated heterocycles. The molecular weight excluding hydrogens is 562 g/mol. The van der Waals surface area contributed by atoms with Crippen LogP contribution in [-0.4, -0.2) is 50.5 Å². The first kappa shape index (κ1) is 32.0. The predicted molar refractivity (Wildman–Crippen MR) is 163 cm³/mol. The molecule has 1 atom stereocenters. The van der Waals surface area contributed by atoms with Crippen LogP contribution >= 0.6 is 11.6 Å². The third-order valence-corrected chi connectivity index (χ3v) is 7.78. The number of halogens is 1. The number of carbonyl (C=O) groups is 2. The van der Waals surface area contributed by atoms with E-state index in [9.17, 15) is 18.0 Å². The Kier molecular flexibility index (Phi) is 11.6. The number of amides is 2. The second-order valence-electron chi connectivity index (χ2n) is 10.2. The van der Waals surface area contributed by atoms with Gasteiger partial charge in [-0.3, -0.25) is 13.9 Å². The Morgan fingerprint density at radius 3 is 2.12 bits per heavy atom. The van der Waals surface area contributed by atoms with Crippen LogP contribution < -0.4 is 14.4 Å². The molecule has 1 N–H and O–H groups in total. The van der Waals surface area contributed by atoms with Gasteiger partial charge in [0.25, 0.3) is 0 Å². The van der Waals surface area contributed by atoms with E-state index in [1.165, 1.54) is 4.90 Å². The Bertz CT molecular complexity index is 1380. The summed E-state index contributed by atoms with van der Waals surface area (Å²) in [6.07, 6.45) is 1.41. The molecule has 0 radical (unpaired) electrons. The summed E-state index contributed by atoms with van der Waals surface area (Å²) in [5.74, 6) is 0.0162. The van der Waals surface area contributed by atoms with Crippen molar-refractivity contribution in [2.24, 2.45) is 5.92 Å². The molecular formula is C31H38ClN3O5S. The summed E-state index contributed by atoms with van der Waals surface area (Å²) in [6.45, 7) is 6.28. The maximum absolute atomic E-state index is 13.8. The summed E-state index contributed by atoms with van der Waals surface area (Å²) in [7, 11) is -3.84. The number of anilines is 1. The molecule has 0 aromatic heterocycles. The summed E-state index contributed by atoms with van der Waals surface area (Å²) in [6, 6.07) is 22.4. The zero-order valence-electron chi connectivity index (χ0n) is 23.9. The van der Waals surface area contributed by atoms with Crippen LogP contribution in [0.5, 0.6) is 5.75 Å². The smallest absolute Gasteiger partial charge is 0.244 e. The van der Waals surface area contributed by atoms with E-state index in [-0.39, 0.29) is 18.4 Å². The molecule has 0 fully saturated rings. The zero-order valence-corrected chi connectivity index (χ0v) is 25.5. The summed E-state index contributed by atoms with van der Waals surface area (Å²) in [5, 5.41) is 3.46. The average molecular weight is 600 g/mol. The lowest BCUT2D eigenvalue weighted by Gasteiger charge is -2.33. The van der Waals surface area contributed by atoms with Crippen molar-refractivity contribution in [2.45, 2.75) is 46.4 Å². The zero-order chi connectivity index (χ0) is 30.0. The Hall–Kier alpha value is -3.56. The highest BCUT2D eigenvalue weighted by molar-refractivity contribution is 7.92. The normalized spacial score (nSPS) is 12.0. The average Bonchev–Trinajstić information content (AvgIpc) is 2.94. The molecule has 0 bridgehead atoms. The van der Waals surface area contributed by atoms with E-state index in [4.69, 9.17) is 16.3 Å². The van der Waals surface area contributed by atoms with Crippen molar-refractivity contribution < 1.29 is 22.7 Å². The van der Waals surface area contributed by atoms with Crippen LogP contribution in [0.15, 0.2) is 78.9 Å². The molecule has 0 heterocycles. The van der Waals surface area contributed by atoms with E-state index in [1.807, 2.05) is 51.1 Å². The van der Waals surface area contributed by atoms with Gasteiger partial charge in [0, 0.05) is 18.1 Å². The summed E-state index contributed by atoms with van der Waals surface area (Å²) < 4.78 is 32.6. The third kappa shape index (κ3) is 9.79. The minimum absolute atomic E-state index is 0.119. The number of hydrogen-bond acceptors (Lipinski definition) is 5. The highest BCUT2D eigenvalue weighted by Crippen LogP contribution is 2.24. The number of rotatable bonds is 14. The maximum atomic E-state index is 13.8. The minimum atomic E-state index is -3.84. The molecule has 0 aliphatic rings. The van der Waals surface area contributed by atoms with Crippen LogP contribution in [0.3, 0.4) is 0 Å². The monoisotopic (exact) mass is 599 g/mol. The molecule has 2 amide bonds. The van der Waals surface area contributed by atoms with Crippen molar-refractivity contribution >= 4 is 39.1 Å². The largest absolute Gasteiger partial charge is 0.489 e. The van der Waals surface area contributed by atoms with Gasteiger partial charge in [-0.1, -0.05) is 74.8 Å². The Morgan fingerprint density at radius 1 is 0.927 bits per heavy atom. The van der Waals surface area contributed by atoms with Gasteiger partial charge in [0.15, 0.2) is 0 Å². The lowest BCUT2D eigenvalue weighted by atomic mass is 10.1. The number of nitrogens with zero attached hydrogens (tertiary/aromatic N) is 2. The van der Waals surface area contributed by atoms with Gasteiger partial charge in [0.1, 0.15) is 24.9 Å². The molecule has 0 saturated carbocycles. The first-order valence-electron chi connectivity index (χ1n) is 13.5. The molecule has 1 unspecified atom stereocenters. The number of benzene rings is 3. The molecule has 41 heavy (non-hydrogen) atoms. The SMILES string of the molecule is CCC(C(=O)NCC(C)C)N(Cc1ccc(Cl)cc1)C(=O)CN(c1ccc(OCc2ccccc2)cc1)S(C)(=O)=O. The number of hydrogen-bond donors (Lipinski definition) is 1. The van der Waals surface area contributed by atoms with Gasteiger partial charge >= 0.3 is 0 Å². The Balaban J connectivity index is 1.84. The summed E-state index contributed by atoms with van der Waals surface area (Å²) >= 11 is 6.04. The highest BCUT2D eigenvalue weighted by Gasteiger charge is 2.31. The Morgan fingerprint density at radius 2 is 1.56 bits per heavy atom. The fourth-order valence-electron chi connectivity index (χ4n) is 4.19. The summed E-state index contributed by atoms with van der Waals surface area (Å²) in [4.78, 5) is 28.4. The molecule has 10 heteroatoms. The number of ether oxygens (including phenoxy) is 1. The van der Waals surface area contributed by atoms with Gasteiger partial charge in [-0.05, 0) is 59.9 Å². The molecule has 0 spiro atoms. The van der Waals surface area contributed by atoms with Crippen molar-refractivity contribution in [3.05, 3.63) is 95.0 Å². The topological polar surface area (TPSA) is 96.0 Å². The van der Waals surface area contributed by atoms with E-state index in [2.05, 4.69) is 5.32 Å². The first-order valence-corrected chi connectivity index (χ1v) is 15.8. The first-order chi connectivity index (χ1) is 19.5. The van der Waals surface area contributed by atoms with Gasteiger partial charge in [-0.2, -0.15) is 0 Å². The fourth-order valence-corrected chi connectivity index (χ4v) is 5.17. The third-order valence-electron chi connectivity index (χ3n) is 6.39. The maximum Gasteiger partial charge on any atom is 0.244 e. The summed E-state index contributed by atoms with van der Waals surface area (Å²) in [5.41, 5.74) is 2.09. The van der Waals surface area contributed by atoms with Gasteiger partial charge in [0.05, 0.1) is 11.9 Å². The molecule has 3 aromatic carbocycles. The Labute approximate surface area is 248 Å². The standard InChI is InChI=1S/C31H38ClN3O5S/c1-5-29(31(37)33-19-23(2)3)34(20-24-11-13-26(32)14-12-24)30(36)21-35(41(4,38)39)27-15-17-28(18-16-27)40-22-25-9-7-6-8-10-25/h6-18,23,29H,5,19-22H2,1-4H3,(H,33,37). The van der Waals surface area contributed by atoms with Crippen molar-refractivity contribution in [1.82, 2.24) is 10.2 Å². The number of sulfonamides is 1. The molecule has 220 valence electrons. The van der Waals surface area contributed by atoms with Crippen LogP contribution in [0.1, 0.15) is 38.3 Å². The molecule has 0 aliphatic heterocycles. The van der Waals surface area contributed by atoms with E-state index < -0.39 is 28.5 Å².